The van der Waals surface area contributed by atoms with E-state index in [2.05, 4.69) is 64.5 Å². The van der Waals surface area contributed by atoms with Crippen LogP contribution in [0.25, 0.3) is 16.6 Å². The highest BCUT2D eigenvalue weighted by Crippen LogP contribution is 2.43. The van der Waals surface area contributed by atoms with E-state index in [1.165, 1.54) is 11.1 Å². The van der Waals surface area contributed by atoms with E-state index < -0.39 is 0 Å². The Morgan fingerprint density at radius 1 is 1.18 bits per heavy atom. The van der Waals surface area contributed by atoms with Gasteiger partial charge in [0.2, 0.25) is 0 Å². The summed E-state index contributed by atoms with van der Waals surface area (Å²) in [4.78, 5) is 16.9. The number of hydrogen-bond acceptors (Lipinski definition) is 2. The van der Waals surface area contributed by atoms with Crippen LogP contribution >= 0.6 is 15.9 Å². The Morgan fingerprint density at radius 3 is 2.73 bits per heavy atom. The Bertz CT molecular complexity index is 1000. The SMILES string of the molecule is Cc1ccc2c(c1)-n1c(nc(=O)c3c(Br)cccc31)C2(C)C. The molecule has 0 N–H and O–H groups in total. The van der Waals surface area contributed by atoms with Crippen molar-refractivity contribution in [2.45, 2.75) is 26.2 Å². The van der Waals surface area contributed by atoms with Crippen LogP contribution in [0.15, 0.2) is 45.7 Å². The number of rotatable bonds is 0. The van der Waals surface area contributed by atoms with E-state index >= 15 is 0 Å². The minimum absolute atomic E-state index is 0.175. The summed E-state index contributed by atoms with van der Waals surface area (Å²) in [6, 6.07) is 12.3. The molecule has 0 fully saturated rings. The fraction of sp³-hybridized carbons (Fsp3) is 0.222. The van der Waals surface area contributed by atoms with Crippen LogP contribution in [0.3, 0.4) is 0 Å². The van der Waals surface area contributed by atoms with E-state index in [4.69, 9.17) is 0 Å². The predicted octanol–water partition coefficient (Wildman–Crippen LogP) is 4.10. The second-order valence-electron chi connectivity index (χ2n) is 6.36. The van der Waals surface area contributed by atoms with Gasteiger partial charge >= 0.3 is 0 Å². The summed E-state index contributed by atoms with van der Waals surface area (Å²) in [7, 11) is 0. The Morgan fingerprint density at radius 2 is 1.95 bits per heavy atom. The molecule has 0 atom stereocenters. The molecule has 0 radical (unpaired) electrons. The molecule has 1 aliphatic rings. The molecule has 0 saturated carbocycles. The molecular formula is C18H15BrN2O. The zero-order valence-corrected chi connectivity index (χ0v) is 14.2. The van der Waals surface area contributed by atoms with Gasteiger partial charge in [-0.05, 0) is 66.0 Å². The molecule has 0 spiro atoms. The van der Waals surface area contributed by atoms with Gasteiger partial charge in [-0.1, -0.05) is 18.2 Å². The standard InChI is InChI=1S/C18H15BrN2O/c1-10-7-8-11-14(9-10)21-13-6-4-5-12(19)15(13)16(22)20-17(21)18(11,2)3/h4-9H,1-3H3. The number of benzene rings is 2. The third-order valence-corrected chi connectivity index (χ3v) is 5.15. The van der Waals surface area contributed by atoms with Crippen molar-refractivity contribution in [2.24, 2.45) is 0 Å². The fourth-order valence-corrected chi connectivity index (χ4v) is 3.89. The number of nitrogens with zero attached hydrogens (tertiary/aromatic N) is 2. The van der Waals surface area contributed by atoms with E-state index in [-0.39, 0.29) is 11.0 Å². The van der Waals surface area contributed by atoms with Crippen molar-refractivity contribution < 1.29 is 0 Å². The lowest BCUT2D eigenvalue weighted by molar-refractivity contribution is 0.610. The molecule has 22 heavy (non-hydrogen) atoms. The first-order valence-corrected chi connectivity index (χ1v) is 8.04. The maximum absolute atomic E-state index is 12.5. The maximum Gasteiger partial charge on any atom is 0.281 e. The summed E-state index contributed by atoms with van der Waals surface area (Å²) in [5.74, 6) is 0.809. The average Bonchev–Trinajstić information content (AvgIpc) is 2.67. The van der Waals surface area contributed by atoms with Gasteiger partial charge < -0.3 is 0 Å². The number of fused-ring (bicyclic) bond motifs is 5. The van der Waals surface area contributed by atoms with Crippen molar-refractivity contribution in [3.63, 3.8) is 0 Å². The van der Waals surface area contributed by atoms with Gasteiger partial charge in [0.25, 0.3) is 5.56 Å². The first-order valence-electron chi connectivity index (χ1n) is 7.24. The first-order chi connectivity index (χ1) is 10.4. The van der Waals surface area contributed by atoms with Crippen molar-refractivity contribution in [3.8, 4) is 5.69 Å². The van der Waals surface area contributed by atoms with Crippen LogP contribution in [0.2, 0.25) is 0 Å². The summed E-state index contributed by atoms with van der Waals surface area (Å²) in [5, 5.41) is 0.636. The molecule has 4 rings (SSSR count). The van der Waals surface area contributed by atoms with Gasteiger partial charge in [-0.15, -0.1) is 0 Å². The second kappa shape index (κ2) is 4.29. The summed E-state index contributed by atoms with van der Waals surface area (Å²) in [6.07, 6.45) is 0. The van der Waals surface area contributed by atoms with Crippen LogP contribution in [0.5, 0.6) is 0 Å². The normalized spacial score (nSPS) is 14.9. The van der Waals surface area contributed by atoms with Crippen molar-refractivity contribution in [3.05, 3.63) is 68.2 Å². The molecule has 110 valence electrons. The lowest BCUT2D eigenvalue weighted by Gasteiger charge is -2.18. The van der Waals surface area contributed by atoms with Gasteiger partial charge in [0, 0.05) is 4.47 Å². The Labute approximate surface area is 136 Å². The van der Waals surface area contributed by atoms with Crippen LogP contribution in [-0.4, -0.2) is 9.55 Å². The zero-order valence-electron chi connectivity index (χ0n) is 12.6. The van der Waals surface area contributed by atoms with Crippen molar-refractivity contribution >= 4 is 26.8 Å². The number of hydrogen-bond donors (Lipinski definition) is 0. The largest absolute Gasteiger partial charge is 0.296 e. The quantitative estimate of drug-likeness (QED) is 0.609. The molecular weight excluding hydrogens is 340 g/mol. The highest BCUT2D eigenvalue weighted by atomic mass is 79.9. The monoisotopic (exact) mass is 354 g/mol. The predicted molar refractivity (Wildman–Crippen MR) is 91.9 cm³/mol. The summed E-state index contributed by atoms with van der Waals surface area (Å²) >= 11 is 3.49. The van der Waals surface area contributed by atoms with Crippen molar-refractivity contribution in [1.29, 1.82) is 0 Å². The summed E-state index contributed by atoms with van der Waals surface area (Å²) in [5.41, 5.74) is 3.98. The molecule has 0 saturated heterocycles. The topological polar surface area (TPSA) is 34.9 Å². The van der Waals surface area contributed by atoms with Gasteiger partial charge in [0.1, 0.15) is 5.82 Å². The number of aryl methyl sites for hydroxylation is 1. The van der Waals surface area contributed by atoms with Crippen molar-refractivity contribution in [1.82, 2.24) is 9.55 Å². The molecule has 1 aliphatic heterocycles. The Hall–Kier alpha value is -1.94. The fourth-order valence-electron chi connectivity index (χ4n) is 3.37. The van der Waals surface area contributed by atoms with E-state index in [1.54, 1.807) is 0 Å². The van der Waals surface area contributed by atoms with Gasteiger partial charge in [-0.3, -0.25) is 9.36 Å². The van der Waals surface area contributed by atoms with Crippen LogP contribution in [-0.2, 0) is 5.41 Å². The van der Waals surface area contributed by atoms with E-state index in [9.17, 15) is 4.79 Å². The number of halogens is 1. The minimum atomic E-state index is -0.279. The van der Waals surface area contributed by atoms with Crippen LogP contribution in [0.4, 0.5) is 0 Å². The van der Waals surface area contributed by atoms with E-state index in [1.807, 2.05) is 18.2 Å². The van der Waals surface area contributed by atoms with E-state index in [0.717, 1.165) is 21.5 Å². The number of aromatic nitrogens is 2. The average molecular weight is 355 g/mol. The molecule has 0 amide bonds. The Balaban J connectivity index is 2.28. The third kappa shape index (κ3) is 1.61. The molecule has 0 bridgehead atoms. The molecule has 0 aliphatic carbocycles. The molecule has 2 heterocycles. The molecule has 2 aromatic carbocycles. The lowest BCUT2D eigenvalue weighted by Crippen LogP contribution is -2.24. The maximum atomic E-state index is 12.5. The summed E-state index contributed by atoms with van der Waals surface area (Å²) in [6.45, 7) is 6.33. The first kappa shape index (κ1) is 13.7. The Kier molecular flexibility index (Phi) is 2.67. The molecule has 1 aromatic heterocycles. The second-order valence-corrected chi connectivity index (χ2v) is 7.21. The smallest absolute Gasteiger partial charge is 0.281 e. The molecule has 4 heteroatoms. The molecule has 3 nitrogen and oxygen atoms in total. The van der Waals surface area contributed by atoms with Gasteiger partial charge in [0.05, 0.1) is 22.0 Å². The van der Waals surface area contributed by atoms with E-state index in [0.29, 0.717) is 5.39 Å². The highest BCUT2D eigenvalue weighted by Gasteiger charge is 2.38. The highest BCUT2D eigenvalue weighted by molar-refractivity contribution is 9.10. The third-order valence-electron chi connectivity index (χ3n) is 4.49. The lowest BCUT2D eigenvalue weighted by atomic mass is 9.85. The molecule has 0 unspecified atom stereocenters. The molecule has 3 aromatic rings. The van der Waals surface area contributed by atoms with Crippen LogP contribution in [0.1, 0.15) is 30.8 Å². The zero-order chi connectivity index (χ0) is 15.6. The van der Waals surface area contributed by atoms with Crippen molar-refractivity contribution in [2.75, 3.05) is 0 Å². The summed E-state index contributed by atoms with van der Waals surface area (Å²) < 4.78 is 2.92. The van der Waals surface area contributed by atoms with Crippen LogP contribution in [0, 0.1) is 6.92 Å². The van der Waals surface area contributed by atoms with Gasteiger partial charge in [-0.25, -0.2) is 0 Å². The van der Waals surface area contributed by atoms with Gasteiger partial charge in [0.15, 0.2) is 0 Å². The van der Waals surface area contributed by atoms with Crippen LogP contribution < -0.4 is 5.56 Å². The minimum Gasteiger partial charge on any atom is -0.296 e. The van der Waals surface area contributed by atoms with Gasteiger partial charge in [-0.2, -0.15) is 4.98 Å².